The summed E-state index contributed by atoms with van der Waals surface area (Å²) in [6, 6.07) is 45.1. The Bertz CT molecular complexity index is 5590. The topological polar surface area (TPSA) is 287 Å². The van der Waals surface area contributed by atoms with Gasteiger partial charge in [0.05, 0.1) is 91.7 Å². The first kappa shape index (κ1) is 84.0. The Balaban J connectivity index is 0.000000125. The van der Waals surface area contributed by atoms with Crippen LogP contribution in [0.15, 0.2) is 182 Å². The minimum Gasteiger partial charge on any atom is -0.497 e. The summed E-state index contributed by atoms with van der Waals surface area (Å²) in [5.74, 6) is 7.63. The maximum atomic E-state index is 6.27. The summed E-state index contributed by atoms with van der Waals surface area (Å²) in [5, 5.41) is 33.4. The van der Waals surface area contributed by atoms with Crippen molar-refractivity contribution in [1.29, 1.82) is 0 Å². The van der Waals surface area contributed by atoms with E-state index in [4.69, 9.17) is 84.5 Å². The first-order valence-corrected chi connectivity index (χ1v) is 51.8. The van der Waals surface area contributed by atoms with Gasteiger partial charge in [-0.1, -0.05) is 35.9 Å². The van der Waals surface area contributed by atoms with Crippen LogP contribution in [0.3, 0.4) is 0 Å². The maximum Gasteiger partial charge on any atom is 0.137 e. The molecule has 0 amide bonds. The molecule has 5 aliphatic rings. The van der Waals surface area contributed by atoms with Gasteiger partial charge in [-0.2, -0.15) is 10.2 Å². The number of methoxy groups -OCH3 is 3. The average molecular weight is 1750 g/mol. The summed E-state index contributed by atoms with van der Waals surface area (Å²) in [4.78, 5) is 44.3. The molecule has 0 unspecified atom stereocenters. The van der Waals surface area contributed by atoms with Crippen LogP contribution in [0.25, 0.3) is 55.5 Å². The molecule has 27 nitrogen and oxygen atoms in total. The second-order valence-electron chi connectivity index (χ2n) is 30.9. The Morgan fingerprint density at radius 3 is 1.15 bits per heavy atom. The van der Waals surface area contributed by atoms with Crippen LogP contribution in [0.5, 0.6) is 28.7 Å². The van der Waals surface area contributed by atoms with Gasteiger partial charge in [-0.05, 0) is 136 Å². The Morgan fingerprint density at radius 1 is 0.392 bits per heavy atom. The second-order valence-corrected chi connectivity index (χ2v) is 45.6. The molecular formula is C91H105ClN18O9Sn. The molecule has 120 heavy (non-hydrogen) atoms. The van der Waals surface area contributed by atoms with Gasteiger partial charge in [0.25, 0.3) is 0 Å². The minimum absolute atomic E-state index is 0.312. The van der Waals surface area contributed by atoms with Gasteiger partial charge in [0.2, 0.25) is 0 Å². The van der Waals surface area contributed by atoms with Crippen molar-refractivity contribution >= 4 is 95.4 Å². The fourth-order valence-electron chi connectivity index (χ4n) is 15.4. The van der Waals surface area contributed by atoms with Crippen LogP contribution in [0, 0.1) is 0 Å². The molecule has 0 atom stereocenters. The van der Waals surface area contributed by atoms with E-state index in [-0.39, 0.29) is 0 Å². The zero-order chi connectivity index (χ0) is 82.7. The van der Waals surface area contributed by atoms with Crippen LogP contribution in [0.2, 0.25) is 19.8 Å². The van der Waals surface area contributed by atoms with Crippen molar-refractivity contribution in [3.8, 4) is 51.5 Å². The number of halogens is 1. The summed E-state index contributed by atoms with van der Waals surface area (Å²) in [7, 11) is 5.03. The van der Waals surface area contributed by atoms with Crippen LogP contribution < -0.4 is 48.7 Å². The molecule has 0 radical (unpaired) electrons. The Hall–Kier alpha value is -11.1. The van der Waals surface area contributed by atoms with Crippen LogP contribution >= 0.6 is 11.6 Å². The van der Waals surface area contributed by atoms with Crippen LogP contribution in [0.1, 0.15) is 98.7 Å². The summed E-state index contributed by atoms with van der Waals surface area (Å²) < 4.78 is 56.6. The number of anilines is 4. The molecule has 0 aliphatic carbocycles. The first-order chi connectivity index (χ1) is 58.8. The van der Waals surface area contributed by atoms with E-state index in [1.807, 2.05) is 145 Å². The smallest absolute Gasteiger partial charge is 0.137 e. The zero-order valence-corrected chi connectivity index (χ0v) is 73.0. The predicted molar refractivity (Wildman–Crippen MR) is 473 cm³/mol. The molecule has 0 bridgehead atoms. The third-order valence-electron chi connectivity index (χ3n) is 21.6. The molecule has 4 saturated heterocycles. The van der Waals surface area contributed by atoms with E-state index in [2.05, 4.69) is 96.0 Å². The van der Waals surface area contributed by atoms with Crippen molar-refractivity contribution < 1.29 is 42.6 Å². The number of aromatic nitrogens is 13. The second kappa shape index (κ2) is 40.3. The monoisotopic (exact) mass is 1750 g/mol. The van der Waals surface area contributed by atoms with Crippen LogP contribution in [-0.4, -0.2) is 200 Å². The molecule has 18 rings (SSSR count). The third kappa shape index (κ3) is 20.8. The van der Waals surface area contributed by atoms with Gasteiger partial charge in [0.1, 0.15) is 51.8 Å². The predicted octanol–water partition coefficient (Wildman–Crippen LogP) is 15.8. The number of nitrogens with one attached hydrogen (secondary N) is 4. The molecule has 10 aromatic heterocycles. The number of hydrogen-bond donors (Lipinski definition) is 4. The third-order valence-corrected chi connectivity index (χ3v) is 26.9. The Labute approximate surface area is 708 Å². The van der Waals surface area contributed by atoms with Crippen molar-refractivity contribution in [3.63, 3.8) is 0 Å². The molecule has 15 heterocycles. The zero-order valence-electron chi connectivity index (χ0n) is 69.4. The van der Waals surface area contributed by atoms with E-state index in [9.17, 15) is 0 Å². The van der Waals surface area contributed by atoms with Crippen LogP contribution in [0.4, 0.5) is 23.3 Å². The molecule has 29 heteroatoms. The summed E-state index contributed by atoms with van der Waals surface area (Å²) >= 11 is 3.80. The fourth-order valence-corrected chi connectivity index (χ4v) is 19.6. The number of aliphatic imine (C=N–C) groups is 1. The molecule has 0 saturated carbocycles. The molecule has 4 N–H and O–H groups in total. The minimum atomic E-state index is -2.47. The van der Waals surface area contributed by atoms with Crippen molar-refractivity contribution in [2.75, 3.05) is 109 Å². The number of pyridine rings is 7. The normalized spacial score (nSPS) is 15.3. The quantitative estimate of drug-likeness (QED) is 0.0387. The van der Waals surface area contributed by atoms with Crippen molar-refractivity contribution in [2.24, 2.45) is 4.99 Å². The van der Waals surface area contributed by atoms with E-state index in [1.54, 1.807) is 46.0 Å². The van der Waals surface area contributed by atoms with E-state index < -0.39 is 18.4 Å². The number of nitrogens with zero attached hydrogens (tertiary/aromatic N) is 14. The van der Waals surface area contributed by atoms with Crippen molar-refractivity contribution in [1.82, 2.24) is 64.2 Å². The number of fused-ring (bicyclic) bond motifs is 4. The summed E-state index contributed by atoms with van der Waals surface area (Å²) in [6.07, 6.45) is 20.5. The van der Waals surface area contributed by atoms with E-state index in [0.717, 1.165) is 241 Å². The van der Waals surface area contributed by atoms with Gasteiger partial charge in [-0.15, -0.1) is 0 Å². The fraction of sp³-hybridized carbons (Fsp3) is 0.374. The van der Waals surface area contributed by atoms with Crippen LogP contribution in [-0.2, 0) is 45.1 Å². The molecule has 4 fully saturated rings. The van der Waals surface area contributed by atoms with Gasteiger partial charge in [0.15, 0.2) is 0 Å². The van der Waals surface area contributed by atoms with Gasteiger partial charge >= 0.3 is 177 Å². The number of rotatable bonds is 25. The molecule has 5 aliphatic heterocycles. The van der Waals surface area contributed by atoms with E-state index >= 15 is 0 Å². The molecule has 13 aromatic rings. The van der Waals surface area contributed by atoms with Crippen molar-refractivity contribution in [2.45, 2.75) is 130 Å². The molecule has 0 spiro atoms. The number of hydrogen-bond acceptors (Lipinski definition) is 24. The summed E-state index contributed by atoms with van der Waals surface area (Å²) in [6.45, 7) is 14.1. The Kier molecular flexibility index (Phi) is 28.2. The average Bonchev–Trinajstić information content (AvgIpc) is 1.63. The standard InChI is InChI=1S/C26H29N5O3.C24H24ClN5O2.C19H21N4O2.C19H22N4O2.3CH3.Sn/c1-3-34-21-8-12-27-22(16-21)25-24-23(9-13-28-26(24)29-19-10-14-33-15-11-19)31(30-25)17-18-4-6-20(32-2)7-5-18;1-31-19-4-2-16(3-5-19)15-30-21-7-11-27-24(28-18-8-12-32-13-9-18)22(21)23(29-30)20-14-17(25)6-10-26-20;1-24-16-4-2-14(3-5-16)13-23-18-6-9-20-19(17(18)12-21-23)22-15-7-10-25-11-8-15;1-2-25-15-4-8-20-16(11-15)18-17-13(12-22-18)3-7-21-19(17)23-14-5-9-24-10-6-14;;;;/h4-9,12-13,16,19H,3,10-11,14-15,17H2,1-2H3,(H,28,29);2-7,10-11,14,18H,8-9,12-13,15H2,1H3,(H,27,28);2-6,9,15H,7-8,10-11,13H2,1H3,(H,20,22);3-4,7-8,11,14H,2,5-6,9-10,12H2,1H3,(H,21,23);3*1H3;. The van der Waals surface area contributed by atoms with Gasteiger partial charge in [0, 0.05) is 118 Å². The van der Waals surface area contributed by atoms with Gasteiger partial charge in [-0.25, -0.2) is 15.0 Å². The SMILES string of the molecule is CCOc1ccnc(-c2nn(Cc3ccc(OC)cc3)c3ccnc(NC4CCOCC4)c23)c1.CCOc1ccnc(C2=NCc3ccnc(NC4CCOCC4)c32)c1.COc1ccc(Cn2n[c]([Sn]([CH3])([CH3])[CH3])c3c(NC4CCOCC4)nccc32)cc1.COc1ccc(Cn2nc(-c3cc(Cl)ccn3)c3c(NC4CCOCC4)nccc32)cc1. The molecular weight excluding hydrogens is 1640 g/mol. The van der Waals surface area contributed by atoms with Gasteiger partial charge in [-0.3, -0.25) is 29.3 Å². The molecule has 624 valence electrons. The maximum absolute atomic E-state index is 6.27. The number of benzene rings is 3. The number of ether oxygens (including phenoxy) is 9. The summed E-state index contributed by atoms with van der Waals surface area (Å²) in [5.41, 5.74) is 13.6. The van der Waals surface area contributed by atoms with Crippen molar-refractivity contribution in [3.05, 3.63) is 215 Å². The molecule has 3 aromatic carbocycles. The van der Waals surface area contributed by atoms with E-state index in [1.165, 1.54) is 20.2 Å². The van der Waals surface area contributed by atoms with E-state index in [0.29, 0.717) is 62.0 Å². The largest absolute Gasteiger partial charge is 0.497 e. The van der Waals surface area contributed by atoms with Gasteiger partial charge < -0.3 is 49.1 Å². The first-order valence-electron chi connectivity index (χ1n) is 41.4. The Morgan fingerprint density at radius 2 is 0.742 bits per heavy atom.